The van der Waals surface area contributed by atoms with Crippen LogP contribution in [0.2, 0.25) is 0 Å². The van der Waals surface area contributed by atoms with Gasteiger partial charge < -0.3 is 19.1 Å². The highest BCUT2D eigenvalue weighted by Gasteiger charge is 2.25. The van der Waals surface area contributed by atoms with Crippen molar-refractivity contribution < 1.29 is 14.6 Å². The molecule has 1 aromatic heterocycles. The Bertz CT molecular complexity index is 308. The number of aliphatic hydroxyl groups excluding tert-OH is 1. The molecule has 17 heavy (non-hydrogen) atoms. The van der Waals surface area contributed by atoms with Crippen LogP contribution < -0.4 is 0 Å². The lowest BCUT2D eigenvalue weighted by Gasteiger charge is -2.22. The number of aliphatic hydroxyl groups is 1. The predicted molar refractivity (Wildman–Crippen MR) is 64.5 cm³/mol. The highest BCUT2D eigenvalue weighted by Crippen LogP contribution is 2.19. The summed E-state index contributed by atoms with van der Waals surface area (Å²) in [5, 5.41) is 10.2. The van der Waals surface area contributed by atoms with Gasteiger partial charge in [0, 0.05) is 32.2 Å². The summed E-state index contributed by atoms with van der Waals surface area (Å²) >= 11 is 0. The second-order valence-electron chi connectivity index (χ2n) is 3.70. The van der Waals surface area contributed by atoms with Crippen molar-refractivity contribution in [1.29, 1.82) is 0 Å². The van der Waals surface area contributed by atoms with E-state index in [0.717, 1.165) is 13.0 Å². The zero-order valence-electron chi connectivity index (χ0n) is 10.8. The summed E-state index contributed by atoms with van der Waals surface area (Å²) in [6, 6.07) is 0. The molecule has 1 N–H and O–H groups in total. The van der Waals surface area contributed by atoms with Gasteiger partial charge in [-0.15, -0.1) is 0 Å². The van der Waals surface area contributed by atoms with E-state index >= 15 is 0 Å². The molecule has 0 amide bonds. The molecule has 0 aliphatic carbocycles. The number of hydrogen-bond acceptors (Lipinski definition) is 4. The van der Waals surface area contributed by atoms with Gasteiger partial charge in [0.15, 0.2) is 12.4 Å². The van der Waals surface area contributed by atoms with Crippen LogP contribution in [0.5, 0.6) is 0 Å². The third-order valence-corrected chi connectivity index (χ3v) is 2.40. The summed E-state index contributed by atoms with van der Waals surface area (Å²) in [5.74, 6) is 0.596. The normalized spacial score (nSPS) is 13.2. The molecule has 0 aliphatic heterocycles. The molecule has 1 heterocycles. The van der Waals surface area contributed by atoms with E-state index in [4.69, 9.17) is 9.47 Å². The van der Waals surface area contributed by atoms with Crippen molar-refractivity contribution in [2.45, 2.75) is 46.1 Å². The minimum atomic E-state index is -0.851. The average Bonchev–Trinajstić information content (AvgIpc) is 2.77. The van der Waals surface area contributed by atoms with Gasteiger partial charge in [-0.1, -0.05) is 6.92 Å². The summed E-state index contributed by atoms with van der Waals surface area (Å²) < 4.78 is 12.7. The maximum atomic E-state index is 10.2. The van der Waals surface area contributed by atoms with Crippen LogP contribution in [0.3, 0.4) is 0 Å². The average molecular weight is 242 g/mol. The van der Waals surface area contributed by atoms with E-state index in [1.165, 1.54) is 0 Å². The van der Waals surface area contributed by atoms with E-state index < -0.39 is 12.4 Å². The fourth-order valence-electron chi connectivity index (χ4n) is 1.70. The summed E-state index contributed by atoms with van der Waals surface area (Å²) in [7, 11) is 0. The Morgan fingerprint density at radius 1 is 1.29 bits per heavy atom. The lowest BCUT2D eigenvalue weighted by atomic mass is 10.3. The lowest BCUT2D eigenvalue weighted by Crippen LogP contribution is -2.28. The Morgan fingerprint density at radius 2 is 1.94 bits per heavy atom. The molecular formula is C12H22N2O3. The standard InChI is InChI=1S/C12H22N2O3/c1-4-8-14-9-7-13-11(14)10(15)12(16-5-2)17-6-3/h7,9-10,12,15H,4-6,8H2,1-3H3. The summed E-state index contributed by atoms with van der Waals surface area (Å²) in [6.45, 7) is 7.65. The Hall–Kier alpha value is -0.910. The number of ether oxygens (including phenoxy) is 2. The van der Waals surface area contributed by atoms with Crippen LogP contribution in [0.25, 0.3) is 0 Å². The number of aryl methyl sites for hydroxylation is 1. The monoisotopic (exact) mass is 242 g/mol. The van der Waals surface area contributed by atoms with E-state index in [2.05, 4.69) is 11.9 Å². The molecule has 0 bridgehead atoms. The Labute approximate surface area is 102 Å². The van der Waals surface area contributed by atoms with Gasteiger partial charge in [-0.2, -0.15) is 0 Å². The molecule has 1 aromatic rings. The number of hydrogen-bond donors (Lipinski definition) is 1. The second-order valence-corrected chi connectivity index (χ2v) is 3.70. The van der Waals surface area contributed by atoms with Gasteiger partial charge in [0.1, 0.15) is 5.82 Å². The van der Waals surface area contributed by atoms with Gasteiger partial charge in [0.2, 0.25) is 0 Å². The maximum Gasteiger partial charge on any atom is 0.190 e. The van der Waals surface area contributed by atoms with Crippen LogP contribution in [0.15, 0.2) is 12.4 Å². The van der Waals surface area contributed by atoms with Crippen LogP contribution in [-0.4, -0.2) is 34.2 Å². The van der Waals surface area contributed by atoms with Crippen molar-refractivity contribution in [2.75, 3.05) is 13.2 Å². The van der Waals surface area contributed by atoms with Gasteiger partial charge in [-0.05, 0) is 20.3 Å². The van der Waals surface area contributed by atoms with Gasteiger partial charge >= 0.3 is 0 Å². The first-order valence-corrected chi connectivity index (χ1v) is 6.16. The molecular weight excluding hydrogens is 220 g/mol. The third-order valence-electron chi connectivity index (χ3n) is 2.40. The molecule has 0 saturated heterocycles. The van der Waals surface area contributed by atoms with Crippen molar-refractivity contribution >= 4 is 0 Å². The van der Waals surface area contributed by atoms with Gasteiger partial charge in [-0.3, -0.25) is 0 Å². The molecule has 0 spiro atoms. The van der Waals surface area contributed by atoms with Crippen molar-refractivity contribution in [3.63, 3.8) is 0 Å². The van der Waals surface area contributed by atoms with Gasteiger partial charge in [0.05, 0.1) is 0 Å². The molecule has 0 radical (unpaired) electrons. The quantitative estimate of drug-likeness (QED) is 0.705. The van der Waals surface area contributed by atoms with Crippen LogP contribution in [0, 0.1) is 0 Å². The summed E-state index contributed by atoms with van der Waals surface area (Å²) in [5.41, 5.74) is 0. The number of imidazole rings is 1. The maximum absolute atomic E-state index is 10.2. The lowest BCUT2D eigenvalue weighted by molar-refractivity contribution is -0.194. The van der Waals surface area contributed by atoms with Crippen molar-refractivity contribution in [1.82, 2.24) is 9.55 Å². The fraction of sp³-hybridized carbons (Fsp3) is 0.750. The first-order chi connectivity index (χ1) is 8.24. The van der Waals surface area contributed by atoms with E-state index in [0.29, 0.717) is 19.0 Å². The Balaban J connectivity index is 2.76. The highest BCUT2D eigenvalue weighted by atomic mass is 16.7. The first-order valence-electron chi connectivity index (χ1n) is 6.16. The van der Waals surface area contributed by atoms with Crippen molar-refractivity contribution in [3.05, 3.63) is 18.2 Å². The van der Waals surface area contributed by atoms with Crippen LogP contribution in [0.4, 0.5) is 0 Å². The molecule has 5 heteroatoms. The minimum Gasteiger partial charge on any atom is -0.380 e. The summed E-state index contributed by atoms with van der Waals surface area (Å²) in [4.78, 5) is 4.17. The molecule has 98 valence electrons. The molecule has 0 aliphatic rings. The largest absolute Gasteiger partial charge is 0.380 e. The highest BCUT2D eigenvalue weighted by molar-refractivity contribution is 4.97. The number of rotatable bonds is 8. The minimum absolute atomic E-state index is 0.496. The van der Waals surface area contributed by atoms with E-state index in [1.807, 2.05) is 24.6 Å². The van der Waals surface area contributed by atoms with Gasteiger partial charge in [-0.25, -0.2) is 4.98 Å². The zero-order valence-corrected chi connectivity index (χ0v) is 10.8. The SMILES string of the molecule is CCCn1ccnc1C(O)C(OCC)OCC. The Morgan fingerprint density at radius 3 is 2.47 bits per heavy atom. The van der Waals surface area contributed by atoms with E-state index in [-0.39, 0.29) is 0 Å². The smallest absolute Gasteiger partial charge is 0.190 e. The van der Waals surface area contributed by atoms with Crippen LogP contribution in [0.1, 0.15) is 39.1 Å². The molecule has 1 unspecified atom stereocenters. The Kier molecular flexibility index (Phi) is 6.18. The topological polar surface area (TPSA) is 56.5 Å². The predicted octanol–water partition coefficient (Wildman–Crippen LogP) is 1.73. The van der Waals surface area contributed by atoms with E-state index in [1.54, 1.807) is 6.20 Å². The molecule has 1 rings (SSSR count). The first kappa shape index (κ1) is 14.2. The number of aromatic nitrogens is 2. The second kappa shape index (κ2) is 7.42. The fourth-order valence-corrected chi connectivity index (χ4v) is 1.70. The summed E-state index contributed by atoms with van der Waals surface area (Å²) in [6.07, 6.45) is 3.03. The van der Waals surface area contributed by atoms with Crippen molar-refractivity contribution in [2.24, 2.45) is 0 Å². The molecule has 1 atom stereocenters. The number of nitrogens with zero attached hydrogens (tertiary/aromatic N) is 2. The molecule has 0 saturated carbocycles. The molecule has 0 fully saturated rings. The zero-order chi connectivity index (χ0) is 12.7. The molecule has 0 aromatic carbocycles. The van der Waals surface area contributed by atoms with Crippen LogP contribution >= 0.6 is 0 Å². The van der Waals surface area contributed by atoms with E-state index in [9.17, 15) is 5.11 Å². The van der Waals surface area contributed by atoms with Gasteiger partial charge in [0.25, 0.3) is 0 Å². The van der Waals surface area contributed by atoms with Crippen LogP contribution in [-0.2, 0) is 16.0 Å². The molecule has 5 nitrogen and oxygen atoms in total. The third kappa shape index (κ3) is 3.80. The van der Waals surface area contributed by atoms with Crippen molar-refractivity contribution in [3.8, 4) is 0 Å².